The zero-order chi connectivity index (χ0) is 14.4. The molecule has 20 heavy (non-hydrogen) atoms. The fourth-order valence-electron chi connectivity index (χ4n) is 2.82. The first-order valence-corrected chi connectivity index (χ1v) is 7.87. The van der Waals surface area contributed by atoms with Gasteiger partial charge in [0.25, 0.3) is 0 Å². The third-order valence-corrected chi connectivity index (χ3v) is 3.75. The Bertz CT molecular complexity index is 406. The molecule has 1 aliphatic rings. The largest absolute Gasteiger partial charge is 0.379 e. The zero-order valence-corrected chi connectivity index (χ0v) is 13.1. The summed E-state index contributed by atoms with van der Waals surface area (Å²) in [6, 6.07) is 9.27. The highest BCUT2D eigenvalue weighted by Crippen LogP contribution is 2.33. The van der Waals surface area contributed by atoms with Crippen LogP contribution in [-0.4, -0.2) is 32.8 Å². The van der Waals surface area contributed by atoms with E-state index in [2.05, 4.69) is 55.3 Å². The van der Waals surface area contributed by atoms with Gasteiger partial charge in [0, 0.05) is 31.4 Å². The molecule has 1 atom stereocenters. The van der Waals surface area contributed by atoms with E-state index in [0.717, 1.165) is 32.8 Å². The number of nitrogens with zero attached hydrogens (tertiary/aromatic N) is 1. The summed E-state index contributed by atoms with van der Waals surface area (Å²) in [6.07, 6.45) is 1.18. The molecule has 2 rings (SSSR count). The number of hydrogen-bond acceptors (Lipinski definition) is 3. The smallest absolute Gasteiger partial charge is 0.0641 e. The van der Waals surface area contributed by atoms with E-state index >= 15 is 0 Å². The predicted molar refractivity (Wildman–Crippen MR) is 85.3 cm³/mol. The summed E-state index contributed by atoms with van der Waals surface area (Å²) >= 11 is 0. The summed E-state index contributed by atoms with van der Waals surface area (Å²) in [5.41, 5.74) is 2.81. The highest BCUT2D eigenvalue weighted by molar-refractivity contribution is 5.56. The minimum Gasteiger partial charge on any atom is -0.379 e. The summed E-state index contributed by atoms with van der Waals surface area (Å²) in [5.74, 6) is 0.613. The molecule has 0 spiro atoms. The summed E-state index contributed by atoms with van der Waals surface area (Å²) in [5, 5.41) is 3.59. The van der Waals surface area contributed by atoms with Crippen molar-refractivity contribution in [2.45, 2.75) is 33.2 Å². The van der Waals surface area contributed by atoms with E-state index in [0.29, 0.717) is 12.0 Å². The van der Waals surface area contributed by atoms with Gasteiger partial charge >= 0.3 is 0 Å². The monoisotopic (exact) mass is 276 g/mol. The summed E-state index contributed by atoms with van der Waals surface area (Å²) in [4.78, 5) is 2.46. The van der Waals surface area contributed by atoms with Crippen molar-refractivity contribution in [2.75, 3.05) is 37.7 Å². The Balaban J connectivity index is 1.96. The van der Waals surface area contributed by atoms with Gasteiger partial charge in [-0.05, 0) is 30.5 Å². The maximum Gasteiger partial charge on any atom is 0.0641 e. The molecule has 0 aromatic heterocycles. The van der Waals surface area contributed by atoms with Gasteiger partial charge in [0.2, 0.25) is 0 Å². The SMILES string of the molecule is CCNC1CCN(CCOCC(C)C)c2ccccc21. The molecule has 1 aromatic rings. The Morgan fingerprint density at radius 2 is 2.15 bits per heavy atom. The van der Waals surface area contributed by atoms with Crippen molar-refractivity contribution in [2.24, 2.45) is 5.92 Å². The quantitative estimate of drug-likeness (QED) is 0.774. The first-order chi connectivity index (χ1) is 9.72. The minimum absolute atomic E-state index is 0.504. The third-order valence-electron chi connectivity index (χ3n) is 3.75. The van der Waals surface area contributed by atoms with Crippen LogP contribution in [0.25, 0.3) is 0 Å². The van der Waals surface area contributed by atoms with E-state index in [1.165, 1.54) is 17.7 Å². The van der Waals surface area contributed by atoms with Crippen LogP contribution in [0.5, 0.6) is 0 Å². The van der Waals surface area contributed by atoms with Crippen molar-refractivity contribution in [1.29, 1.82) is 0 Å². The molecular formula is C17H28N2O. The van der Waals surface area contributed by atoms with E-state index in [1.54, 1.807) is 0 Å². The standard InChI is InChI=1S/C17H28N2O/c1-4-18-16-9-10-19(11-12-20-13-14(2)3)17-8-6-5-7-15(16)17/h5-8,14,16,18H,4,9-13H2,1-3H3. The first-order valence-electron chi connectivity index (χ1n) is 7.87. The van der Waals surface area contributed by atoms with Gasteiger partial charge in [-0.25, -0.2) is 0 Å². The van der Waals surface area contributed by atoms with Crippen LogP contribution in [0.3, 0.4) is 0 Å². The molecular weight excluding hydrogens is 248 g/mol. The van der Waals surface area contributed by atoms with Gasteiger partial charge in [-0.15, -0.1) is 0 Å². The molecule has 3 nitrogen and oxygen atoms in total. The Morgan fingerprint density at radius 3 is 2.90 bits per heavy atom. The lowest BCUT2D eigenvalue weighted by Gasteiger charge is -2.36. The number of para-hydroxylation sites is 1. The van der Waals surface area contributed by atoms with Gasteiger partial charge in [-0.1, -0.05) is 39.0 Å². The fourth-order valence-corrected chi connectivity index (χ4v) is 2.82. The summed E-state index contributed by atoms with van der Waals surface area (Å²) < 4.78 is 5.73. The second-order valence-electron chi connectivity index (χ2n) is 5.91. The minimum atomic E-state index is 0.504. The molecule has 112 valence electrons. The van der Waals surface area contributed by atoms with Crippen molar-refractivity contribution in [3.63, 3.8) is 0 Å². The molecule has 1 N–H and O–H groups in total. The zero-order valence-electron chi connectivity index (χ0n) is 13.1. The van der Waals surface area contributed by atoms with E-state index < -0.39 is 0 Å². The van der Waals surface area contributed by atoms with Crippen LogP contribution in [0.1, 0.15) is 38.8 Å². The Kier molecular flexibility index (Phi) is 5.86. The molecule has 0 amide bonds. The number of benzene rings is 1. The van der Waals surface area contributed by atoms with Crippen LogP contribution in [0, 0.1) is 5.92 Å². The second-order valence-corrected chi connectivity index (χ2v) is 5.91. The Morgan fingerprint density at radius 1 is 1.35 bits per heavy atom. The lowest BCUT2D eigenvalue weighted by molar-refractivity contribution is 0.115. The molecule has 0 saturated heterocycles. The number of hydrogen-bond donors (Lipinski definition) is 1. The molecule has 0 radical (unpaired) electrons. The van der Waals surface area contributed by atoms with Gasteiger partial charge in [0.15, 0.2) is 0 Å². The molecule has 0 aliphatic carbocycles. The Labute approximate surface area is 123 Å². The molecule has 1 aliphatic heterocycles. The van der Waals surface area contributed by atoms with Crippen LogP contribution in [0.4, 0.5) is 5.69 Å². The molecule has 0 bridgehead atoms. The molecule has 0 saturated carbocycles. The maximum absolute atomic E-state index is 5.73. The highest BCUT2D eigenvalue weighted by Gasteiger charge is 2.23. The lowest BCUT2D eigenvalue weighted by Crippen LogP contribution is -2.37. The summed E-state index contributed by atoms with van der Waals surface area (Å²) in [7, 11) is 0. The van der Waals surface area contributed by atoms with Gasteiger partial charge in [0.05, 0.1) is 6.61 Å². The van der Waals surface area contributed by atoms with Gasteiger partial charge in [-0.2, -0.15) is 0 Å². The fraction of sp³-hybridized carbons (Fsp3) is 0.647. The Hall–Kier alpha value is -1.06. The van der Waals surface area contributed by atoms with Gasteiger partial charge in [-0.3, -0.25) is 0 Å². The molecule has 1 unspecified atom stereocenters. The first kappa shape index (κ1) is 15.3. The third kappa shape index (κ3) is 3.97. The topological polar surface area (TPSA) is 24.5 Å². The van der Waals surface area contributed by atoms with Gasteiger partial charge in [0.1, 0.15) is 0 Å². The van der Waals surface area contributed by atoms with E-state index in [1.807, 2.05) is 0 Å². The van der Waals surface area contributed by atoms with Crippen LogP contribution >= 0.6 is 0 Å². The second kappa shape index (κ2) is 7.65. The van der Waals surface area contributed by atoms with Crippen LogP contribution < -0.4 is 10.2 Å². The maximum atomic E-state index is 5.73. The number of ether oxygens (including phenoxy) is 1. The molecule has 0 fully saturated rings. The lowest BCUT2D eigenvalue weighted by atomic mass is 9.96. The summed E-state index contributed by atoms with van der Waals surface area (Å²) in [6.45, 7) is 11.4. The molecule has 1 aromatic carbocycles. The van der Waals surface area contributed by atoms with Crippen molar-refractivity contribution in [1.82, 2.24) is 5.32 Å². The average molecular weight is 276 g/mol. The number of nitrogens with one attached hydrogen (secondary N) is 1. The average Bonchev–Trinajstić information content (AvgIpc) is 2.45. The molecule has 1 heterocycles. The van der Waals surface area contributed by atoms with Crippen molar-refractivity contribution >= 4 is 5.69 Å². The van der Waals surface area contributed by atoms with E-state index in [-0.39, 0.29) is 0 Å². The van der Waals surface area contributed by atoms with Crippen molar-refractivity contribution < 1.29 is 4.74 Å². The van der Waals surface area contributed by atoms with Crippen LogP contribution in [0.2, 0.25) is 0 Å². The highest BCUT2D eigenvalue weighted by atomic mass is 16.5. The van der Waals surface area contributed by atoms with E-state index in [9.17, 15) is 0 Å². The predicted octanol–water partition coefficient (Wildman–Crippen LogP) is 3.22. The number of fused-ring (bicyclic) bond motifs is 1. The van der Waals surface area contributed by atoms with Gasteiger partial charge < -0.3 is 15.0 Å². The van der Waals surface area contributed by atoms with Crippen LogP contribution in [-0.2, 0) is 4.74 Å². The van der Waals surface area contributed by atoms with E-state index in [4.69, 9.17) is 4.74 Å². The number of anilines is 1. The normalized spacial score (nSPS) is 18.4. The van der Waals surface area contributed by atoms with Crippen molar-refractivity contribution in [3.05, 3.63) is 29.8 Å². The molecule has 3 heteroatoms. The van der Waals surface area contributed by atoms with Crippen LogP contribution in [0.15, 0.2) is 24.3 Å². The van der Waals surface area contributed by atoms with Crippen molar-refractivity contribution in [3.8, 4) is 0 Å². The number of rotatable bonds is 7.